The SMILES string of the molecule is N#C[N-]C#[NH+].[Rb+]. The molecule has 0 aliphatic heterocycles. The summed E-state index contributed by atoms with van der Waals surface area (Å²) in [6.45, 7) is 0. The summed E-state index contributed by atoms with van der Waals surface area (Å²) in [6, 6.07) is 0. The van der Waals surface area contributed by atoms with Crippen LogP contribution in [0.3, 0.4) is 0 Å². The van der Waals surface area contributed by atoms with Crippen molar-refractivity contribution in [3.8, 4) is 12.4 Å². The van der Waals surface area contributed by atoms with Gasteiger partial charge in [-0.25, -0.2) is 0 Å². The molecule has 0 aromatic carbocycles. The molecular weight excluding hydrogens is 152 g/mol. The van der Waals surface area contributed by atoms with Crippen molar-refractivity contribution in [1.82, 2.24) is 0 Å². The van der Waals surface area contributed by atoms with Gasteiger partial charge in [-0.3, -0.25) is 0 Å². The van der Waals surface area contributed by atoms with Crippen LogP contribution >= 0.6 is 0 Å². The van der Waals surface area contributed by atoms with Crippen molar-refractivity contribution in [2.24, 2.45) is 0 Å². The van der Waals surface area contributed by atoms with Gasteiger partial charge in [0.05, 0.1) is 0 Å². The molecule has 0 heterocycles. The van der Waals surface area contributed by atoms with Crippen LogP contribution in [0.15, 0.2) is 0 Å². The van der Waals surface area contributed by atoms with Gasteiger partial charge in [-0.15, -0.1) is 0 Å². The monoisotopic (exact) mass is 152 g/mol. The first-order valence-corrected chi connectivity index (χ1v) is 0.921. The predicted molar refractivity (Wildman–Crippen MR) is 13.8 cm³/mol. The van der Waals surface area contributed by atoms with E-state index in [9.17, 15) is 0 Å². The van der Waals surface area contributed by atoms with E-state index < -0.39 is 0 Å². The van der Waals surface area contributed by atoms with Gasteiger partial charge in [0.15, 0.2) is 6.19 Å². The molecule has 0 radical (unpaired) electrons. The molecule has 0 aromatic rings. The zero-order valence-electron chi connectivity index (χ0n) is 3.39. The molecule has 3 nitrogen and oxygen atoms in total. The summed E-state index contributed by atoms with van der Waals surface area (Å²) in [5.74, 6) is 0. The molecule has 0 fully saturated rings. The molecule has 0 rings (SSSR count). The fourth-order valence-corrected chi connectivity index (χ4v) is 0.0250. The summed E-state index contributed by atoms with van der Waals surface area (Å²) in [4.78, 5) is 0. The minimum atomic E-state index is 0. The van der Waals surface area contributed by atoms with E-state index in [1.54, 1.807) is 0 Å². The van der Waals surface area contributed by atoms with Gasteiger partial charge in [0, 0.05) is 0 Å². The molecule has 0 unspecified atom stereocenters. The van der Waals surface area contributed by atoms with Crippen LogP contribution in [0.1, 0.15) is 0 Å². The van der Waals surface area contributed by atoms with Crippen LogP contribution in [0, 0.1) is 17.6 Å². The van der Waals surface area contributed by atoms with Crippen LogP contribution in [-0.4, -0.2) is 0 Å². The first-order valence-electron chi connectivity index (χ1n) is 0.921. The predicted octanol–water partition coefficient (Wildman–Crippen LogP) is -4.42. The first kappa shape index (κ1) is 9.77. The molecule has 0 aliphatic rings. The first-order chi connectivity index (χ1) is 2.41. The fraction of sp³-hybridized carbons (Fsp3) is 0. The van der Waals surface area contributed by atoms with E-state index in [0.29, 0.717) is 0 Å². The molecule has 0 spiro atoms. The molecule has 0 aliphatic carbocycles. The van der Waals surface area contributed by atoms with E-state index in [-0.39, 0.29) is 58.2 Å². The van der Waals surface area contributed by atoms with Crippen molar-refractivity contribution in [3.63, 3.8) is 0 Å². The average Bonchev–Trinajstić information content (AvgIpc) is 1.41. The molecule has 0 saturated heterocycles. The topological polar surface area (TPSA) is 61.7 Å². The summed E-state index contributed by atoms with van der Waals surface area (Å²) in [5.41, 5.74) is 0. The molecule has 1 N–H and O–H groups in total. The molecule has 0 aromatic heterocycles. The third kappa shape index (κ3) is 8.82. The van der Waals surface area contributed by atoms with Gasteiger partial charge in [0.25, 0.3) is 0 Å². The van der Waals surface area contributed by atoms with Crippen LogP contribution in [-0.2, 0) is 0 Å². The second-order valence-corrected chi connectivity index (χ2v) is 0.324. The maximum absolute atomic E-state index is 7.47. The third-order valence-corrected chi connectivity index (χ3v) is 0.106. The molecule has 6 heavy (non-hydrogen) atoms. The molecule has 4 heteroatoms. The van der Waals surface area contributed by atoms with Crippen molar-refractivity contribution >= 4 is 0 Å². The Morgan fingerprint density at radius 1 is 1.67 bits per heavy atom. The summed E-state index contributed by atoms with van der Waals surface area (Å²) in [7, 11) is 0. The number of nitrogens with one attached hydrogen (secondary N) is 1. The number of nitrogens with zero attached hydrogens (tertiary/aromatic N) is 2. The normalized spacial score (nSPS) is 3.00. The fourth-order valence-electron chi connectivity index (χ4n) is 0.0250. The van der Waals surface area contributed by atoms with Crippen molar-refractivity contribution in [1.29, 1.82) is 5.26 Å². The Hall–Kier alpha value is 0.585. The van der Waals surface area contributed by atoms with E-state index in [2.05, 4.69) is 5.32 Å². The van der Waals surface area contributed by atoms with Gasteiger partial charge in [0.2, 0.25) is 6.19 Å². The van der Waals surface area contributed by atoms with Crippen LogP contribution in [0.4, 0.5) is 0 Å². The molecule has 0 atom stereocenters. The van der Waals surface area contributed by atoms with Crippen molar-refractivity contribution in [2.45, 2.75) is 0 Å². The van der Waals surface area contributed by atoms with E-state index >= 15 is 0 Å². The van der Waals surface area contributed by atoms with Crippen LogP contribution in [0.5, 0.6) is 0 Å². The van der Waals surface area contributed by atoms with Crippen molar-refractivity contribution in [2.75, 3.05) is 0 Å². The molecule has 0 amide bonds. The number of hydrogen-bond donors (Lipinski definition) is 1. The Kier molecular flexibility index (Phi) is 14.9. The Balaban J connectivity index is 0. The number of nitriles is 1. The summed E-state index contributed by atoms with van der Waals surface area (Å²) in [5, 5.41) is 16.1. The minimum absolute atomic E-state index is 0. The van der Waals surface area contributed by atoms with E-state index in [1.165, 1.54) is 12.4 Å². The second kappa shape index (κ2) is 9.14. The maximum Gasteiger partial charge on any atom is 1.00 e. The summed E-state index contributed by atoms with van der Waals surface area (Å²) < 4.78 is 0. The molecule has 0 saturated carbocycles. The van der Waals surface area contributed by atoms with Gasteiger partial charge in [-0.05, 0) is 0 Å². The zero-order valence-corrected chi connectivity index (χ0v) is 8.31. The van der Waals surface area contributed by atoms with Crippen LogP contribution < -0.4 is 63.4 Å². The van der Waals surface area contributed by atoms with Gasteiger partial charge >= 0.3 is 58.2 Å². The van der Waals surface area contributed by atoms with Gasteiger partial charge < -0.3 is 5.26 Å². The van der Waals surface area contributed by atoms with E-state index in [1.807, 2.05) is 0 Å². The van der Waals surface area contributed by atoms with Crippen molar-refractivity contribution < 1.29 is 63.4 Å². The largest absolute Gasteiger partial charge is 1.00 e. The molecule has 24 valence electrons. The quantitative estimate of drug-likeness (QED) is 0.350. The minimum Gasteiger partial charge on any atom is -0.397 e. The number of hydrogen-bond acceptors (Lipinski definition) is 1. The third-order valence-electron chi connectivity index (χ3n) is 0.106. The van der Waals surface area contributed by atoms with E-state index in [0.717, 1.165) is 0 Å². The Bertz CT molecular complexity index is 73.9. The van der Waals surface area contributed by atoms with Gasteiger partial charge in [-0.1, -0.05) is 5.32 Å². The Labute approximate surface area is 84.7 Å². The summed E-state index contributed by atoms with van der Waals surface area (Å²) in [6.07, 6.45) is 2.88. The average molecular weight is 153 g/mol. The van der Waals surface area contributed by atoms with Gasteiger partial charge in [0.1, 0.15) is 0 Å². The molecule has 0 bridgehead atoms. The van der Waals surface area contributed by atoms with Crippen LogP contribution in [0.2, 0.25) is 0 Å². The van der Waals surface area contributed by atoms with Gasteiger partial charge in [-0.2, -0.15) is 5.26 Å². The number of rotatable bonds is 0. The second-order valence-electron chi connectivity index (χ2n) is 0.324. The Morgan fingerprint density at radius 3 is 2.17 bits per heavy atom. The Morgan fingerprint density at radius 2 is 2.17 bits per heavy atom. The smallest absolute Gasteiger partial charge is 0.397 e. The van der Waals surface area contributed by atoms with Crippen molar-refractivity contribution in [3.05, 3.63) is 5.32 Å². The van der Waals surface area contributed by atoms with Crippen LogP contribution in [0.25, 0.3) is 5.32 Å². The summed E-state index contributed by atoms with van der Waals surface area (Å²) >= 11 is 0. The standard InChI is InChI=1S/C2N3.Rb/c3-1-5-2-4;/q-1;+1/p+1. The zero-order chi connectivity index (χ0) is 4.12. The van der Waals surface area contributed by atoms with E-state index in [4.69, 9.17) is 10.5 Å². The molecular formula is C2HN3Rb+. The maximum atomic E-state index is 7.47.